The highest BCUT2D eigenvalue weighted by atomic mass is 35.5. The van der Waals surface area contributed by atoms with E-state index in [1.165, 1.54) is 13.2 Å². The molecule has 9 heteroatoms. The lowest BCUT2D eigenvalue weighted by atomic mass is 10.1. The quantitative estimate of drug-likeness (QED) is 0.311. The van der Waals surface area contributed by atoms with E-state index in [0.717, 1.165) is 22.2 Å². The fourth-order valence-electron chi connectivity index (χ4n) is 3.06. The summed E-state index contributed by atoms with van der Waals surface area (Å²) in [4.78, 5) is 38.1. The summed E-state index contributed by atoms with van der Waals surface area (Å²) in [7, 11) is 1.32. The number of hydrogen-bond acceptors (Lipinski definition) is 6. The van der Waals surface area contributed by atoms with Crippen molar-refractivity contribution in [1.29, 1.82) is 0 Å². The van der Waals surface area contributed by atoms with Gasteiger partial charge in [0.25, 0.3) is 11.1 Å². The van der Waals surface area contributed by atoms with E-state index in [1.54, 1.807) is 54.6 Å². The molecule has 1 saturated heterocycles. The molecule has 1 aliphatic heterocycles. The van der Waals surface area contributed by atoms with Crippen LogP contribution in [0.1, 0.15) is 21.7 Å². The summed E-state index contributed by atoms with van der Waals surface area (Å²) in [5.41, 5.74) is 1.80. The zero-order chi connectivity index (χ0) is 22.8. The first-order valence-electron chi connectivity index (χ1n) is 9.33. The summed E-state index contributed by atoms with van der Waals surface area (Å²) in [6, 6.07) is 15.1. The minimum Gasteiger partial charge on any atom is -0.465 e. The van der Waals surface area contributed by atoms with Crippen molar-refractivity contribution in [3.63, 3.8) is 0 Å². The van der Waals surface area contributed by atoms with E-state index >= 15 is 0 Å². The predicted octanol–water partition coefficient (Wildman–Crippen LogP) is 6.28. The van der Waals surface area contributed by atoms with Crippen molar-refractivity contribution < 1.29 is 23.5 Å². The minimum atomic E-state index is -0.425. The molecule has 3 aromatic rings. The topological polar surface area (TPSA) is 76.8 Å². The number of ether oxygens (including phenoxy) is 1. The number of carbonyl (C=O) groups excluding carboxylic acids is 3. The molecule has 0 atom stereocenters. The van der Waals surface area contributed by atoms with Crippen LogP contribution in [0.3, 0.4) is 0 Å². The van der Waals surface area contributed by atoms with Crippen LogP contribution in [0.2, 0.25) is 10.0 Å². The Morgan fingerprint density at radius 3 is 2.53 bits per heavy atom. The number of amides is 2. The predicted molar refractivity (Wildman–Crippen MR) is 123 cm³/mol. The van der Waals surface area contributed by atoms with Crippen LogP contribution < -0.4 is 0 Å². The third-order valence-electron chi connectivity index (χ3n) is 4.71. The first-order valence-corrected chi connectivity index (χ1v) is 10.9. The number of thioether (sulfide) groups is 1. The Morgan fingerprint density at radius 2 is 1.84 bits per heavy atom. The number of imide groups is 1. The molecule has 0 bridgehead atoms. The smallest absolute Gasteiger partial charge is 0.337 e. The standard InChI is InChI=1S/C23H15Cl2NO5S/c1-30-22(28)14-4-2-13(3-5-14)19-9-8-17(31-19)11-20-21(27)26(23(29)32-20)12-15-6-7-16(24)10-18(15)25/h2-11H,12H2,1H3/b20-11+. The lowest BCUT2D eigenvalue weighted by Gasteiger charge is -2.13. The lowest BCUT2D eigenvalue weighted by molar-refractivity contribution is -0.123. The maximum atomic E-state index is 12.8. The zero-order valence-corrected chi connectivity index (χ0v) is 19.0. The van der Waals surface area contributed by atoms with Crippen LogP contribution in [0, 0.1) is 0 Å². The van der Waals surface area contributed by atoms with Crippen molar-refractivity contribution in [2.45, 2.75) is 6.54 Å². The van der Waals surface area contributed by atoms with Gasteiger partial charge >= 0.3 is 5.97 Å². The number of nitrogens with zero attached hydrogens (tertiary/aromatic N) is 1. The second-order valence-electron chi connectivity index (χ2n) is 6.77. The van der Waals surface area contributed by atoms with Crippen molar-refractivity contribution in [2.24, 2.45) is 0 Å². The van der Waals surface area contributed by atoms with Crippen molar-refractivity contribution in [1.82, 2.24) is 4.90 Å². The summed E-state index contributed by atoms with van der Waals surface area (Å²) in [6.45, 7) is 0.0496. The van der Waals surface area contributed by atoms with E-state index < -0.39 is 17.1 Å². The van der Waals surface area contributed by atoms with E-state index in [-0.39, 0.29) is 11.4 Å². The van der Waals surface area contributed by atoms with Gasteiger partial charge in [-0.25, -0.2) is 4.79 Å². The highest BCUT2D eigenvalue weighted by Gasteiger charge is 2.35. The number of hydrogen-bond donors (Lipinski definition) is 0. The van der Waals surface area contributed by atoms with Crippen molar-refractivity contribution in [3.8, 4) is 11.3 Å². The fourth-order valence-corrected chi connectivity index (χ4v) is 4.35. The second kappa shape index (κ2) is 9.24. The molecule has 6 nitrogen and oxygen atoms in total. The molecular formula is C23H15Cl2NO5S. The first-order chi connectivity index (χ1) is 15.4. The number of furan rings is 1. The number of rotatable bonds is 5. The first kappa shape index (κ1) is 22.2. The molecule has 0 N–H and O–H groups in total. The summed E-state index contributed by atoms with van der Waals surface area (Å²) in [5, 5.41) is 0.466. The van der Waals surface area contributed by atoms with Gasteiger partial charge < -0.3 is 9.15 Å². The van der Waals surface area contributed by atoms with Crippen LogP contribution >= 0.6 is 35.0 Å². The Balaban J connectivity index is 1.51. The number of methoxy groups -OCH3 is 1. The summed E-state index contributed by atoms with van der Waals surface area (Å²) < 4.78 is 10.5. The molecule has 0 unspecified atom stereocenters. The molecule has 162 valence electrons. The number of carbonyl (C=O) groups is 3. The van der Waals surface area contributed by atoms with Crippen LogP contribution in [0.15, 0.2) is 63.9 Å². The lowest BCUT2D eigenvalue weighted by Crippen LogP contribution is -2.27. The van der Waals surface area contributed by atoms with E-state index in [0.29, 0.717) is 32.7 Å². The monoisotopic (exact) mass is 487 g/mol. The SMILES string of the molecule is COC(=O)c1ccc(-c2ccc(/C=C3/SC(=O)N(Cc4ccc(Cl)cc4Cl)C3=O)o2)cc1. The van der Waals surface area contributed by atoms with Crippen LogP contribution in [0.4, 0.5) is 4.79 Å². The van der Waals surface area contributed by atoms with E-state index in [2.05, 4.69) is 4.74 Å². The third kappa shape index (κ3) is 4.60. The molecular weight excluding hydrogens is 473 g/mol. The highest BCUT2D eigenvalue weighted by molar-refractivity contribution is 8.18. The highest BCUT2D eigenvalue weighted by Crippen LogP contribution is 2.35. The maximum Gasteiger partial charge on any atom is 0.337 e. The molecule has 0 radical (unpaired) electrons. The molecule has 4 rings (SSSR count). The van der Waals surface area contributed by atoms with E-state index in [4.69, 9.17) is 27.6 Å². The molecule has 1 aliphatic rings. The van der Waals surface area contributed by atoms with Gasteiger partial charge in [0.2, 0.25) is 0 Å². The van der Waals surface area contributed by atoms with Crippen LogP contribution in [-0.4, -0.2) is 29.1 Å². The van der Waals surface area contributed by atoms with Crippen molar-refractivity contribution >= 4 is 58.2 Å². The fraction of sp³-hybridized carbons (Fsp3) is 0.0870. The Labute approximate surface area is 197 Å². The van der Waals surface area contributed by atoms with Gasteiger partial charge in [0.15, 0.2) is 0 Å². The van der Waals surface area contributed by atoms with Gasteiger partial charge in [-0.3, -0.25) is 14.5 Å². The number of halogens is 2. The molecule has 0 aliphatic carbocycles. The average Bonchev–Trinajstić information content (AvgIpc) is 3.35. The van der Waals surface area contributed by atoms with Gasteiger partial charge in [-0.05, 0) is 53.7 Å². The molecule has 0 saturated carbocycles. The second-order valence-corrected chi connectivity index (χ2v) is 8.61. The number of esters is 1. The van der Waals surface area contributed by atoms with Gasteiger partial charge in [-0.15, -0.1) is 0 Å². The normalized spacial score (nSPS) is 15.0. The molecule has 2 heterocycles. The molecule has 1 fully saturated rings. The summed E-state index contributed by atoms with van der Waals surface area (Å²) in [5.74, 6) is 0.130. The zero-order valence-electron chi connectivity index (χ0n) is 16.6. The molecule has 2 amide bonds. The van der Waals surface area contributed by atoms with Crippen molar-refractivity contribution in [3.05, 3.63) is 86.4 Å². The molecule has 0 spiro atoms. The third-order valence-corrected chi connectivity index (χ3v) is 6.20. The Kier molecular flexibility index (Phi) is 6.41. The van der Waals surface area contributed by atoms with E-state index in [1.807, 2.05) is 0 Å². The minimum absolute atomic E-state index is 0.0496. The van der Waals surface area contributed by atoms with Crippen molar-refractivity contribution in [2.75, 3.05) is 7.11 Å². The maximum absolute atomic E-state index is 12.8. The Hall–Kier alpha value is -3.00. The van der Waals surface area contributed by atoms with Gasteiger partial charge in [-0.1, -0.05) is 41.4 Å². The average molecular weight is 488 g/mol. The number of benzene rings is 2. The molecule has 2 aromatic carbocycles. The molecule has 1 aromatic heterocycles. The van der Waals surface area contributed by atoms with E-state index in [9.17, 15) is 14.4 Å². The molecule has 32 heavy (non-hydrogen) atoms. The Morgan fingerprint density at radius 1 is 1.09 bits per heavy atom. The van der Waals surface area contributed by atoms with Gasteiger partial charge in [0, 0.05) is 21.7 Å². The largest absolute Gasteiger partial charge is 0.465 e. The van der Waals surface area contributed by atoms with Gasteiger partial charge in [0.1, 0.15) is 11.5 Å². The summed E-state index contributed by atoms with van der Waals surface area (Å²) >= 11 is 12.9. The van der Waals surface area contributed by atoms with Crippen LogP contribution in [-0.2, 0) is 16.1 Å². The summed E-state index contributed by atoms with van der Waals surface area (Å²) in [6.07, 6.45) is 1.53. The Bertz CT molecular complexity index is 1250. The van der Waals surface area contributed by atoms with Gasteiger partial charge in [0.05, 0.1) is 24.1 Å². The van der Waals surface area contributed by atoms with Gasteiger partial charge in [-0.2, -0.15) is 0 Å². The van der Waals surface area contributed by atoms with Crippen LogP contribution in [0.5, 0.6) is 0 Å². The van der Waals surface area contributed by atoms with Crippen LogP contribution in [0.25, 0.3) is 17.4 Å².